The summed E-state index contributed by atoms with van der Waals surface area (Å²) in [6, 6.07) is 1.55. The van der Waals surface area contributed by atoms with Crippen LogP contribution in [-0.4, -0.2) is 24.4 Å². The summed E-state index contributed by atoms with van der Waals surface area (Å²) < 4.78 is 66.8. The minimum atomic E-state index is -3.75. The van der Waals surface area contributed by atoms with Gasteiger partial charge >= 0.3 is 5.22 Å². The van der Waals surface area contributed by atoms with Crippen molar-refractivity contribution in [2.24, 2.45) is 0 Å². The summed E-state index contributed by atoms with van der Waals surface area (Å²) in [5, 5.41) is 5.85. The molecule has 2 aromatic rings. The number of sulfone groups is 1. The standard InChI is InChI=1S/C10H7F3N2O3S/c1-2-19(16,17)10-15-14-9(18-10)5-3-4-6(11)8(13)7(5)12/h3-4H,2H2,1H3. The molecule has 0 bridgehead atoms. The maximum atomic E-state index is 13.4. The van der Waals surface area contributed by atoms with Crippen LogP contribution in [0.5, 0.6) is 0 Å². The molecular formula is C10H7F3N2O3S. The first-order chi connectivity index (χ1) is 8.86. The van der Waals surface area contributed by atoms with Gasteiger partial charge in [0.1, 0.15) is 0 Å². The van der Waals surface area contributed by atoms with Crippen LogP contribution >= 0.6 is 0 Å². The first-order valence-corrected chi connectivity index (χ1v) is 6.72. The van der Waals surface area contributed by atoms with E-state index in [1.807, 2.05) is 0 Å². The zero-order valence-corrected chi connectivity index (χ0v) is 10.3. The molecule has 0 atom stereocenters. The number of benzene rings is 1. The third kappa shape index (κ3) is 2.33. The molecule has 1 heterocycles. The van der Waals surface area contributed by atoms with Crippen molar-refractivity contribution >= 4 is 9.84 Å². The van der Waals surface area contributed by atoms with Crippen molar-refractivity contribution in [3.05, 3.63) is 29.6 Å². The highest BCUT2D eigenvalue weighted by Gasteiger charge is 2.23. The van der Waals surface area contributed by atoms with Gasteiger partial charge in [-0.1, -0.05) is 12.0 Å². The Labute approximate surface area is 106 Å². The van der Waals surface area contributed by atoms with Gasteiger partial charge in [0.2, 0.25) is 9.84 Å². The molecule has 0 unspecified atom stereocenters. The van der Waals surface area contributed by atoms with Crippen LogP contribution in [-0.2, 0) is 9.84 Å². The second kappa shape index (κ2) is 4.65. The lowest BCUT2D eigenvalue weighted by molar-refractivity contribution is 0.428. The van der Waals surface area contributed by atoms with Crippen molar-refractivity contribution < 1.29 is 26.0 Å². The maximum absolute atomic E-state index is 13.4. The topological polar surface area (TPSA) is 73.1 Å². The predicted octanol–water partition coefficient (Wildman–Crippen LogP) is 1.95. The lowest BCUT2D eigenvalue weighted by Crippen LogP contribution is -2.03. The first-order valence-electron chi connectivity index (χ1n) is 5.07. The largest absolute Gasteiger partial charge is 0.408 e. The lowest BCUT2D eigenvalue weighted by atomic mass is 10.2. The Morgan fingerprint density at radius 2 is 1.84 bits per heavy atom. The summed E-state index contributed by atoms with van der Waals surface area (Å²) in [6.45, 7) is 1.36. The van der Waals surface area contributed by atoms with E-state index in [0.717, 1.165) is 6.07 Å². The molecule has 0 amide bonds. The second-order valence-corrected chi connectivity index (χ2v) is 5.66. The van der Waals surface area contributed by atoms with E-state index in [-0.39, 0.29) is 5.75 Å². The third-order valence-corrected chi connectivity index (χ3v) is 3.78. The molecule has 102 valence electrons. The number of hydrogen-bond donors (Lipinski definition) is 0. The summed E-state index contributed by atoms with van der Waals surface area (Å²) in [7, 11) is -3.75. The Balaban J connectivity index is 2.53. The summed E-state index contributed by atoms with van der Waals surface area (Å²) in [5.41, 5.74) is -0.510. The van der Waals surface area contributed by atoms with Crippen LogP contribution < -0.4 is 0 Å². The summed E-state index contributed by atoms with van der Waals surface area (Å²) in [4.78, 5) is 0. The summed E-state index contributed by atoms with van der Waals surface area (Å²) in [6.07, 6.45) is 0. The van der Waals surface area contributed by atoms with E-state index >= 15 is 0 Å². The monoisotopic (exact) mass is 292 g/mol. The van der Waals surface area contributed by atoms with E-state index in [2.05, 4.69) is 10.2 Å². The molecule has 19 heavy (non-hydrogen) atoms. The van der Waals surface area contributed by atoms with Gasteiger partial charge in [-0.3, -0.25) is 0 Å². The van der Waals surface area contributed by atoms with Crippen molar-refractivity contribution in [3.63, 3.8) is 0 Å². The molecule has 0 N–H and O–H groups in total. The Kier molecular flexibility index (Phi) is 3.31. The fourth-order valence-electron chi connectivity index (χ4n) is 1.26. The Bertz CT molecular complexity index is 728. The molecule has 0 aliphatic carbocycles. The molecule has 2 rings (SSSR count). The van der Waals surface area contributed by atoms with Crippen LogP contribution in [0.3, 0.4) is 0 Å². The summed E-state index contributed by atoms with van der Waals surface area (Å²) >= 11 is 0. The average molecular weight is 292 g/mol. The van der Waals surface area contributed by atoms with Crippen LogP contribution in [0, 0.1) is 17.5 Å². The number of rotatable bonds is 3. The number of nitrogens with zero attached hydrogens (tertiary/aromatic N) is 2. The summed E-state index contributed by atoms with van der Waals surface area (Å²) in [5.74, 6) is -5.42. The normalized spacial score (nSPS) is 11.8. The minimum Gasteiger partial charge on any atom is -0.408 e. The van der Waals surface area contributed by atoms with Gasteiger partial charge in [0.15, 0.2) is 17.5 Å². The van der Waals surface area contributed by atoms with Crippen LogP contribution in [0.1, 0.15) is 6.92 Å². The third-order valence-electron chi connectivity index (χ3n) is 2.32. The fraction of sp³-hybridized carbons (Fsp3) is 0.200. The van der Waals surface area contributed by atoms with Crippen molar-refractivity contribution in [3.8, 4) is 11.5 Å². The quantitative estimate of drug-likeness (QED) is 0.808. The van der Waals surface area contributed by atoms with E-state index < -0.39 is 44.0 Å². The molecule has 0 saturated carbocycles. The molecule has 9 heteroatoms. The number of halogens is 3. The average Bonchev–Trinajstić information content (AvgIpc) is 2.86. The van der Waals surface area contributed by atoms with Gasteiger partial charge in [-0.05, 0) is 12.1 Å². The second-order valence-electron chi connectivity index (χ2n) is 3.50. The maximum Gasteiger partial charge on any atom is 0.335 e. The first kappa shape index (κ1) is 13.5. The molecule has 0 saturated heterocycles. The number of aromatic nitrogens is 2. The Morgan fingerprint density at radius 3 is 2.47 bits per heavy atom. The molecule has 0 aliphatic rings. The van der Waals surface area contributed by atoms with Gasteiger partial charge in [-0.15, -0.1) is 5.10 Å². The molecule has 0 radical (unpaired) electrons. The smallest absolute Gasteiger partial charge is 0.335 e. The van der Waals surface area contributed by atoms with Crippen LogP contribution in [0.25, 0.3) is 11.5 Å². The van der Waals surface area contributed by atoms with Crippen LogP contribution in [0.4, 0.5) is 13.2 Å². The fourth-order valence-corrected chi connectivity index (χ4v) is 1.88. The molecule has 1 aromatic carbocycles. The minimum absolute atomic E-state index is 0.283. The van der Waals surface area contributed by atoms with E-state index in [4.69, 9.17) is 4.42 Å². The zero-order valence-electron chi connectivity index (χ0n) is 9.52. The van der Waals surface area contributed by atoms with E-state index in [0.29, 0.717) is 6.07 Å². The van der Waals surface area contributed by atoms with Gasteiger partial charge in [-0.25, -0.2) is 21.6 Å². The van der Waals surface area contributed by atoms with Crippen molar-refractivity contribution in [1.82, 2.24) is 10.2 Å². The number of hydrogen-bond acceptors (Lipinski definition) is 5. The van der Waals surface area contributed by atoms with Crippen molar-refractivity contribution in [2.45, 2.75) is 12.1 Å². The van der Waals surface area contributed by atoms with Gasteiger partial charge in [0.25, 0.3) is 5.89 Å². The molecule has 0 fully saturated rings. The van der Waals surface area contributed by atoms with E-state index in [1.54, 1.807) is 0 Å². The predicted molar refractivity (Wildman–Crippen MR) is 57.3 cm³/mol. The van der Waals surface area contributed by atoms with Gasteiger partial charge in [0.05, 0.1) is 11.3 Å². The molecule has 5 nitrogen and oxygen atoms in total. The highest BCUT2D eigenvalue weighted by Crippen LogP contribution is 2.25. The zero-order chi connectivity index (χ0) is 14.2. The SMILES string of the molecule is CCS(=O)(=O)c1nnc(-c2ccc(F)c(F)c2F)o1. The van der Waals surface area contributed by atoms with Crippen LogP contribution in [0.2, 0.25) is 0 Å². The van der Waals surface area contributed by atoms with E-state index in [9.17, 15) is 21.6 Å². The molecule has 0 aliphatic heterocycles. The van der Waals surface area contributed by atoms with Crippen LogP contribution in [0.15, 0.2) is 21.8 Å². The van der Waals surface area contributed by atoms with E-state index in [1.165, 1.54) is 6.92 Å². The van der Waals surface area contributed by atoms with Gasteiger partial charge in [-0.2, -0.15) is 0 Å². The van der Waals surface area contributed by atoms with Gasteiger partial charge < -0.3 is 4.42 Å². The molecule has 0 spiro atoms. The Morgan fingerprint density at radius 1 is 1.16 bits per heavy atom. The lowest BCUT2D eigenvalue weighted by Gasteiger charge is -1.99. The van der Waals surface area contributed by atoms with Crippen molar-refractivity contribution in [1.29, 1.82) is 0 Å². The molecule has 1 aromatic heterocycles. The molecular weight excluding hydrogens is 285 g/mol. The highest BCUT2D eigenvalue weighted by molar-refractivity contribution is 7.91. The Hall–Kier alpha value is -1.90. The van der Waals surface area contributed by atoms with Crippen molar-refractivity contribution in [2.75, 3.05) is 5.75 Å². The van der Waals surface area contributed by atoms with Gasteiger partial charge in [0, 0.05) is 0 Å². The highest BCUT2D eigenvalue weighted by atomic mass is 32.2.